The minimum absolute atomic E-state index is 0.273. The molecule has 0 saturated carbocycles. The Morgan fingerprint density at radius 3 is 3.12 bits per heavy atom. The van der Waals surface area contributed by atoms with E-state index < -0.39 is 0 Å². The Labute approximate surface area is 102 Å². The zero-order chi connectivity index (χ0) is 12.1. The Balaban J connectivity index is 1.94. The number of ether oxygens (including phenoxy) is 2. The van der Waals surface area contributed by atoms with Crippen molar-refractivity contribution < 1.29 is 14.6 Å². The quantitative estimate of drug-likeness (QED) is 0.869. The third-order valence-electron chi connectivity index (χ3n) is 3.32. The lowest BCUT2D eigenvalue weighted by molar-refractivity contribution is -0.00847. The molecule has 1 aromatic carbocycles. The van der Waals surface area contributed by atoms with Crippen molar-refractivity contribution in [1.29, 1.82) is 0 Å². The summed E-state index contributed by atoms with van der Waals surface area (Å²) >= 11 is 0. The van der Waals surface area contributed by atoms with Crippen LogP contribution in [0.4, 0.5) is 0 Å². The van der Waals surface area contributed by atoms with E-state index in [-0.39, 0.29) is 12.0 Å². The standard InChI is InChI=1S/C14H20O3/c1-16-13-6-2-4-11(8-13)9-14(15)12-5-3-7-17-10-12/h2,4,6,8,12,14-15H,3,5,7,9-10H2,1H3. The van der Waals surface area contributed by atoms with Gasteiger partial charge in [0.1, 0.15) is 5.75 Å². The lowest BCUT2D eigenvalue weighted by Gasteiger charge is -2.26. The van der Waals surface area contributed by atoms with E-state index in [1.807, 2.05) is 24.3 Å². The molecule has 94 valence electrons. The predicted octanol–water partition coefficient (Wildman–Crippen LogP) is 2.03. The van der Waals surface area contributed by atoms with Crippen molar-refractivity contribution in [2.24, 2.45) is 5.92 Å². The maximum absolute atomic E-state index is 10.2. The molecule has 0 bridgehead atoms. The molecule has 1 fully saturated rings. The van der Waals surface area contributed by atoms with Crippen molar-refractivity contribution in [3.8, 4) is 5.75 Å². The summed E-state index contributed by atoms with van der Waals surface area (Å²) in [5, 5.41) is 10.2. The van der Waals surface area contributed by atoms with Crippen LogP contribution < -0.4 is 4.74 Å². The third-order valence-corrected chi connectivity index (χ3v) is 3.32. The average molecular weight is 236 g/mol. The molecule has 0 aromatic heterocycles. The molecule has 1 aliphatic rings. The molecular weight excluding hydrogens is 216 g/mol. The lowest BCUT2D eigenvalue weighted by atomic mass is 9.91. The molecule has 0 aliphatic carbocycles. The predicted molar refractivity (Wildman–Crippen MR) is 66.2 cm³/mol. The Hall–Kier alpha value is -1.06. The molecular formula is C14H20O3. The first kappa shape index (κ1) is 12.4. The van der Waals surface area contributed by atoms with E-state index in [4.69, 9.17) is 9.47 Å². The van der Waals surface area contributed by atoms with Crippen LogP contribution >= 0.6 is 0 Å². The molecule has 1 aromatic rings. The Morgan fingerprint density at radius 2 is 2.41 bits per heavy atom. The number of hydrogen-bond donors (Lipinski definition) is 1. The number of aliphatic hydroxyl groups is 1. The molecule has 2 atom stereocenters. The normalized spacial score (nSPS) is 22.1. The highest BCUT2D eigenvalue weighted by molar-refractivity contribution is 5.28. The van der Waals surface area contributed by atoms with Crippen LogP contribution in [0.1, 0.15) is 18.4 Å². The summed E-state index contributed by atoms with van der Waals surface area (Å²) < 4.78 is 10.6. The molecule has 1 aliphatic heterocycles. The van der Waals surface area contributed by atoms with Gasteiger partial charge >= 0.3 is 0 Å². The summed E-state index contributed by atoms with van der Waals surface area (Å²) in [4.78, 5) is 0. The highest BCUT2D eigenvalue weighted by atomic mass is 16.5. The molecule has 3 heteroatoms. The van der Waals surface area contributed by atoms with Crippen molar-refractivity contribution >= 4 is 0 Å². The Kier molecular flexibility index (Phi) is 4.40. The second-order valence-corrected chi connectivity index (χ2v) is 4.60. The van der Waals surface area contributed by atoms with E-state index in [0.29, 0.717) is 13.0 Å². The highest BCUT2D eigenvalue weighted by Gasteiger charge is 2.22. The summed E-state index contributed by atoms with van der Waals surface area (Å²) in [6, 6.07) is 7.88. The monoisotopic (exact) mass is 236 g/mol. The molecule has 2 unspecified atom stereocenters. The van der Waals surface area contributed by atoms with E-state index in [2.05, 4.69) is 0 Å². The van der Waals surface area contributed by atoms with Crippen LogP contribution in [0.3, 0.4) is 0 Å². The minimum Gasteiger partial charge on any atom is -0.497 e. The van der Waals surface area contributed by atoms with E-state index in [9.17, 15) is 5.11 Å². The van der Waals surface area contributed by atoms with E-state index >= 15 is 0 Å². The van der Waals surface area contributed by atoms with Crippen LogP contribution in [0, 0.1) is 5.92 Å². The van der Waals surface area contributed by atoms with Gasteiger partial charge in [-0.05, 0) is 37.0 Å². The van der Waals surface area contributed by atoms with Gasteiger partial charge in [-0.15, -0.1) is 0 Å². The molecule has 3 nitrogen and oxygen atoms in total. The number of benzene rings is 1. The van der Waals surface area contributed by atoms with Crippen molar-refractivity contribution in [1.82, 2.24) is 0 Å². The Bertz CT molecular complexity index is 345. The molecule has 2 rings (SSSR count). The average Bonchev–Trinajstić information content (AvgIpc) is 2.40. The van der Waals surface area contributed by atoms with Crippen LogP contribution in [0.2, 0.25) is 0 Å². The van der Waals surface area contributed by atoms with Crippen molar-refractivity contribution in [3.05, 3.63) is 29.8 Å². The zero-order valence-corrected chi connectivity index (χ0v) is 10.3. The third kappa shape index (κ3) is 3.45. The van der Waals surface area contributed by atoms with Crippen LogP contribution in [-0.4, -0.2) is 31.5 Å². The zero-order valence-electron chi connectivity index (χ0n) is 10.3. The van der Waals surface area contributed by atoms with Gasteiger partial charge in [-0.3, -0.25) is 0 Å². The van der Waals surface area contributed by atoms with Gasteiger partial charge in [-0.2, -0.15) is 0 Å². The molecule has 0 spiro atoms. The molecule has 17 heavy (non-hydrogen) atoms. The fourth-order valence-corrected chi connectivity index (χ4v) is 2.28. The van der Waals surface area contributed by atoms with Crippen LogP contribution in [0.5, 0.6) is 5.75 Å². The second kappa shape index (κ2) is 6.03. The maximum Gasteiger partial charge on any atom is 0.119 e. The van der Waals surface area contributed by atoms with Gasteiger partial charge in [0.05, 0.1) is 19.8 Å². The number of rotatable bonds is 4. The van der Waals surface area contributed by atoms with E-state index in [0.717, 1.165) is 30.8 Å². The number of aliphatic hydroxyl groups excluding tert-OH is 1. The minimum atomic E-state index is -0.317. The topological polar surface area (TPSA) is 38.7 Å². The molecule has 0 radical (unpaired) electrons. The summed E-state index contributed by atoms with van der Waals surface area (Å²) in [6.45, 7) is 1.52. The van der Waals surface area contributed by atoms with E-state index in [1.165, 1.54) is 0 Å². The largest absolute Gasteiger partial charge is 0.497 e. The smallest absolute Gasteiger partial charge is 0.119 e. The highest BCUT2D eigenvalue weighted by Crippen LogP contribution is 2.21. The fraction of sp³-hybridized carbons (Fsp3) is 0.571. The van der Waals surface area contributed by atoms with Crippen molar-refractivity contribution in [2.45, 2.75) is 25.4 Å². The van der Waals surface area contributed by atoms with Gasteiger partial charge in [0.25, 0.3) is 0 Å². The first-order chi connectivity index (χ1) is 8.29. The van der Waals surface area contributed by atoms with Gasteiger partial charge in [0.2, 0.25) is 0 Å². The van der Waals surface area contributed by atoms with Crippen LogP contribution in [0.15, 0.2) is 24.3 Å². The SMILES string of the molecule is COc1cccc(CC(O)C2CCCOC2)c1. The van der Waals surface area contributed by atoms with Gasteiger partial charge in [0, 0.05) is 12.5 Å². The summed E-state index contributed by atoms with van der Waals surface area (Å²) in [6.07, 6.45) is 2.47. The van der Waals surface area contributed by atoms with E-state index in [1.54, 1.807) is 7.11 Å². The fourth-order valence-electron chi connectivity index (χ4n) is 2.28. The lowest BCUT2D eigenvalue weighted by Crippen LogP contribution is -2.30. The number of methoxy groups -OCH3 is 1. The molecule has 0 amide bonds. The maximum atomic E-state index is 10.2. The second-order valence-electron chi connectivity index (χ2n) is 4.60. The van der Waals surface area contributed by atoms with Crippen LogP contribution in [-0.2, 0) is 11.2 Å². The first-order valence-corrected chi connectivity index (χ1v) is 6.18. The summed E-state index contributed by atoms with van der Waals surface area (Å²) in [5.74, 6) is 1.12. The van der Waals surface area contributed by atoms with Gasteiger partial charge < -0.3 is 14.6 Å². The first-order valence-electron chi connectivity index (χ1n) is 6.18. The summed E-state index contributed by atoms with van der Waals surface area (Å²) in [7, 11) is 1.66. The van der Waals surface area contributed by atoms with Crippen LogP contribution in [0.25, 0.3) is 0 Å². The summed E-state index contributed by atoms with van der Waals surface area (Å²) in [5.41, 5.74) is 1.11. The molecule has 1 N–H and O–H groups in total. The van der Waals surface area contributed by atoms with Gasteiger partial charge in [-0.1, -0.05) is 12.1 Å². The van der Waals surface area contributed by atoms with Crippen molar-refractivity contribution in [3.63, 3.8) is 0 Å². The molecule has 1 saturated heterocycles. The molecule has 1 heterocycles. The number of hydrogen-bond acceptors (Lipinski definition) is 3. The van der Waals surface area contributed by atoms with Gasteiger partial charge in [-0.25, -0.2) is 0 Å². The van der Waals surface area contributed by atoms with Crippen molar-refractivity contribution in [2.75, 3.05) is 20.3 Å². The van der Waals surface area contributed by atoms with Gasteiger partial charge in [0.15, 0.2) is 0 Å². The Morgan fingerprint density at radius 1 is 1.53 bits per heavy atom.